The highest BCUT2D eigenvalue weighted by Crippen LogP contribution is 2.35. The maximum absolute atomic E-state index is 13.1. The zero-order valence-electron chi connectivity index (χ0n) is 13.5. The average Bonchev–Trinajstić information content (AvgIpc) is 2.54. The molecule has 1 aliphatic carbocycles. The van der Waals surface area contributed by atoms with Crippen molar-refractivity contribution < 1.29 is 9.53 Å². The summed E-state index contributed by atoms with van der Waals surface area (Å²) < 4.78 is 5.44. The van der Waals surface area contributed by atoms with Gasteiger partial charge in [-0.15, -0.1) is 0 Å². The third kappa shape index (κ3) is 3.25. The Kier molecular flexibility index (Phi) is 5.62. The predicted molar refractivity (Wildman–Crippen MR) is 81.8 cm³/mol. The van der Waals surface area contributed by atoms with Crippen LogP contribution in [0.2, 0.25) is 0 Å². The number of nitrogens with zero attached hydrogens (tertiary/aromatic N) is 1. The molecule has 1 aliphatic heterocycles. The number of ketones is 1. The lowest BCUT2D eigenvalue weighted by Gasteiger charge is -2.44. The van der Waals surface area contributed by atoms with Gasteiger partial charge in [-0.2, -0.15) is 0 Å². The van der Waals surface area contributed by atoms with E-state index in [4.69, 9.17) is 4.74 Å². The molecule has 0 N–H and O–H groups in total. The highest BCUT2D eigenvalue weighted by atomic mass is 16.5. The Labute approximate surface area is 124 Å². The van der Waals surface area contributed by atoms with Crippen LogP contribution in [0, 0.1) is 11.8 Å². The Morgan fingerprint density at radius 1 is 1.15 bits per heavy atom. The average molecular weight is 281 g/mol. The molecule has 3 heteroatoms. The number of hydrogen-bond donors (Lipinski definition) is 0. The molecule has 3 nitrogen and oxygen atoms in total. The van der Waals surface area contributed by atoms with Crippen LogP contribution in [0.15, 0.2) is 0 Å². The van der Waals surface area contributed by atoms with Crippen LogP contribution >= 0.6 is 0 Å². The fourth-order valence-corrected chi connectivity index (χ4v) is 3.88. The third-order valence-corrected chi connectivity index (χ3v) is 5.72. The summed E-state index contributed by atoms with van der Waals surface area (Å²) in [5.74, 6) is 1.65. The van der Waals surface area contributed by atoms with Gasteiger partial charge in [-0.05, 0) is 44.9 Å². The minimum Gasteiger partial charge on any atom is -0.379 e. The van der Waals surface area contributed by atoms with Crippen molar-refractivity contribution in [2.24, 2.45) is 11.8 Å². The fraction of sp³-hybridized carbons (Fsp3) is 0.941. The van der Waals surface area contributed by atoms with E-state index in [2.05, 4.69) is 25.7 Å². The number of ether oxygens (including phenoxy) is 1. The molecule has 0 radical (unpaired) electrons. The molecule has 0 bridgehead atoms. The zero-order chi connectivity index (χ0) is 14.6. The molecule has 20 heavy (non-hydrogen) atoms. The van der Waals surface area contributed by atoms with Gasteiger partial charge in [0.25, 0.3) is 0 Å². The predicted octanol–water partition coefficient (Wildman–Crippen LogP) is 3.27. The van der Waals surface area contributed by atoms with E-state index in [-0.39, 0.29) is 5.54 Å². The molecule has 0 aromatic rings. The summed E-state index contributed by atoms with van der Waals surface area (Å²) in [7, 11) is 0. The maximum atomic E-state index is 13.1. The van der Waals surface area contributed by atoms with E-state index in [0.717, 1.165) is 51.5 Å². The van der Waals surface area contributed by atoms with Crippen molar-refractivity contribution in [2.75, 3.05) is 26.3 Å². The Bertz CT molecular complexity index is 317. The lowest BCUT2D eigenvalue weighted by Crippen LogP contribution is -2.57. The van der Waals surface area contributed by atoms with E-state index >= 15 is 0 Å². The van der Waals surface area contributed by atoms with Crippen LogP contribution in [0.1, 0.15) is 59.3 Å². The molecule has 2 fully saturated rings. The molecule has 116 valence electrons. The first-order valence-electron chi connectivity index (χ1n) is 8.49. The Morgan fingerprint density at radius 2 is 1.75 bits per heavy atom. The van der Waals surface area contributed by atoms with Gasteiger partial charge in [0.1, 0.15) is 0 Å². The van der Waals surface area contributed by atoms with Gasteiger partial charge in [-0.25, -0.2) is 0 Å². The van der Waals surface area contributed by atoms with Gasteiger partial charge in [0.05, 0.1) is 18.8 Å². The van der Waals surface area contributed by atoms with Crippen molar-refractivity contribution in [3.05, 3.63) is 0 Å². The first-order valence-corrected chi connectivity index (χ1v) is 8.49. The van der Waals surface area contributed by atoms with E-state index in [1.54, 1.807) is 0 Å². The summed E-state index contributed by atoms with van der Waals surface area (Å²) >= 11 is 0. The molecule has 1 atom stereocenters. The normalized spacial score (nSPS) is 31.8. The Hall–Kier alpha value is -0.410. The summed E-state index contributed by atoms with van der Waals surface area (Å²) in [4.78, 5) is 15.4. The largest absolute Gasteiger partial charge is 0.379 e. The van der Waals surface area contributed by atoms with Gasteiger partial charge in [0.15, 0.2) is 5.78 Å². The first kappa shape index (κ1) is 16.0. The second kappa shape index (κ2) is 7.04. The molecule has 0 aromatic carbocycles. The quantitative estimate of drug-likeness (QED) is 0.774. The molecule has 0 amide bonds. The summed E-state index contributed by atoms with van der Waals surface area (Å²) in [6, 6.07) is 0. The highest BCUT2D eigenvalue weighted by molar-refractivity contribution is 5.90. The maximum Gasteiger partial charge on any atom is 0.155 e. The molecule has 1 unspecified atom stereocenters. The van der Waals surface area contributed by atoms with Crippen molar-refractivity contribution in [3.8, 4) is 0 Å². The van der Waals surface area contributed by atoms with Crippen molar-refractivity contribution in [3.63, 3.8) is 0 Å². The van der Waals surface area contributed by atoms with Gasteiger partial charge < -0.3 is 4.74 Å². The molecular formula is C17H31NO2. The Morgan fingerprint density at radius 3 is 2.25 bits per heavy atom. The van der Waals surface area contributed by atoms with Crippen LogP contribution in [0.5, 0.6) is 0 Å². The number of hydrogen-bond acceptors (Lipinski definition) is 3. The van der Waals surface area contributed by atoms with Gasteiger partial charge in [0.2, 0.25) is 0 Å². The summed E-state index contributed by atoms with van der Waals surface area (Å²) in [5, 5.41) is 0. The first-order chi connectivity index (χ1) is 9.61. The molecule has 2 aliphatic rings. The van der Waals surface area contributed by atoms with Gasteiger partial charge in [0, 0.05) is 19.0 Å². The molecule has 1 saturated heterocycles. The minimum absolute atomic E-state index is 0.270. The van der Waals surface area contributed by atoms with Crippen LogP contribution in [0.25, 0.3) is 0 Å². The van der Waals surface area contributed by atoms with Crippen molar-refractivity contribution in [1.29, 1.82) is 0 Å². The highest BCUT2D eigenvalue weighted by Gasteiger charge is 2.42. The standard InChI is InChI=1S/C17H31NO2/c1-4-14-6-8-15(9-7-14)16(19)17(3,5-2)18-10-12-20-13-11-18/h14-15H,4-13H2,1-3H3. The SMILES string of the molecule is CCC1CCC(C(=O)C(C)(CC)N2CCOCC2)CC1. The van der Waals surface area contributed by atoms with Crippen LogP contribution in [-0.4, -0.2) is 42.5 Å². The Balaban J connectivity index is 2.00. The lowest BCUT2D eigenvalue weighted by atomic mass is 9.73. The van der Waals surface area contributed by atoms with Crippen LogP contribution in [0.3, 0.4) is 0 Å². The lowest BCUT2D eigenvalue weighted by molar-refractivity contribution is -0.139. The number of Topliss-reactive ketones (excluding diaryl/α,β-unsaturated/α-hetero) is 1. The molecule has 0 spiro atoms. The number of rotatable bonds is 5. The molecule has 0 aromatic heterocycles. The summed E-state index contributed by atoms with van der Waals surface area (Å²) in [6.45, 7) is 9.94. The van der Waals surface area contributed by atoms with Gasteiger partial charge >= 0.3 is 0 Å². The summed E-state index contributed by atoms with van der Waals surface area (Å²) in [6.07, 6.45) is 6.90. The number of carbonyl (C=O) groups excluding carboxylic acids is 1. The van der Waals surface area contributed by atoms with E-state index in [1.807, 2.05) is 0 Å². The third-order valence-electron chi connectivity index (χ3n) is 5.72. The van der Waals surface area contributed by atoms with E-state index in [0.29, 0.717) is 11.7 Å². The van der Waals surface area contributed by atoms with E-state index in [9.17, 15) is 4.79 Å². The van der Waals surface area contributed by atoms with E-state index in [1.165, 1.54) is 19.3 Å². The van der Waals surface area contributed by atoms with Crippen molar-refractivity contribution >= 4 is 5.78 Å². The topological polar surface area (TPSA) is 29.5 Å². The summed E-state index contributed by atoms with van der Waals surface area (Å²) in [5.41, 5.74) is -0.270. The molecule has 1 heterocycles. The number of morpholine rings is 1. The van der Waals surface area contributed by atoms with Gasteiger partial charge in [-0.1, -0.05) is 20.3 Å². The zero-order valence-corrected chi connectivity index (χ0v) is 13.5. The minimum atomic E-state index is -0.270. The monoisotopic (exact) mass is 281 g/mol. The molecule has 1 saturated carbocycles. The fourth-order valence-electron chi connectivity index (χ4n) is 3.88. The van der Waals surface area contributed by atoms with Crippen LogP contribution in [-0.2, 0) is 9.53 Å². The second-order valence-corrected chi connectivity index (χ2v) is 6.72. The van der Waals surface area contributed by atoms with Crippen LogP contribution < -0.4 is 0 Å². The number of carbonyl (C=O) groups is 1. The smallest absolute Gasteiger partial charge is 0.155 e. The van der Waals surface area contributed by atoms with Crippen molar-refractivity contribution in [1.82, 2.24) is 4.90 Å². The van der Waals surface area contributed by atoms with Gasteiger partial charge in [-0.3, -0.25) is 9.69 Å². The van der Waals surface area contributed by atoms with Crippen LogP contribution in [0.4, 0.5) is 0 Å². The van der Waals surface area contributed by atoms with E-state index < -0.39 is 0 Å². The second-order valence-electron chi connectivity index (χ2n) is 6.72. The molecular weight excluding hydrogens is 250 g/mol. The van der Waals surface area contributed by atoms with Crippen molar-refractivity contribution in [2.45, 2.75) is 64.8 Å². The molecule has 2 rings (SSSR count).